The lowest BCUT2D eigenvalue weighted by atomic mass is 10.1. The fourth-order valence-corrected chi connectivity index (χ4v) is 3.09. The SMILES string of the molecule is COc1ccc(CC(NC(=O)O)C(=O)NNS(=O)(=O)c2ccccc2)cc1. The Morgan fingerprint density at radius 2 is 1.70 bits per heavy atom. The number of sulfonamides is 1. The van der Waals surface area contributed by atoms with Crippen LogP contribution >= 0.6 is 0 Å². The molecule has 0 saturated heterocycles. The van der Waals surface area contributed by atoms with Gasteiger partial charge in [-0.1, -0.05) is 30.3 Å². The van der Waals surface area contributed by atoms with Crippen molar-refractivity contribution in [2.45, 2.75) is 17.4 Å². The summed E-state index contributed by atoms with van der Waals surface area (Å²) in [5.41, 5.74) is 2.70. The number of amides is 2. The minimum Gasteiger partial charge on any atom is -0.497 e. The van der Waals surface area contributed by atoms with Crippen LogP contribution in [0.1, 0.15) is 5.56 Å². The van der Waals surface area contributed by atoms with Crippen molar-refractivity contribution in [1.29, 1.82) is 0 Å². The third kappa shape index (κ3) is 5.97. The lowest BCUT2D eigenvalue weighted by molar-refractivity contribution is -0.123. The molecular formula is C17H19N3O6S. The molecule has 0 aliphatic carbocycles. The molecular weight excluding hydrogens is 374 g/mol. The van der Waals surface area contributed by atoms with Crippen molar-refractivity contribution in [2.75, 3.05) is 7.11 Å². The number of carboxylic acid groups (broad SMARTS) is 1. The molecule has 0 bridgehead atoms. The Balaban J connectivity index is 2.06. The lowest BCUT2D eigenvalue weighted by Gasteiger charge is -2.17. The molecule has 0 fully saturated rings. The maximum Gasteiger partial charge on any atom is 0.405 e. The number of carbonyl (C=O) groups excluding carboxylic acids is 1. The first-order valence-corrected chi connectivity index (χ1v) is 9.29. The molecule has 0 heterocycles. The molecule has 2 aromatic carbocycles. The first kappa shape index (κ1) is 20.2. The number of ether oxygens (including phenoxy) is 1. The van der Waals surface area contributed by atoms with Gasteiger partial charge in [-0.25, -0.2) is 13.2 Å². The van der Waals surface area contributed by atoms with E-state index in [1.807, 2.05) is 10.3 Å². The Labute approximate surface area is 156 Å². The summed E-state index contributed by atoms with van der Waals surface area (Å²) in [5, 5.41) is 11.0. The van der Waals surface area contributed by atoms with Crippen LogP contribution < -0.4 is 20.3 Å². The molecule has 0 saturated carbocycles. The minimum absolute atomic E-state index is 0.0230. The highest BCUT2D eigenvalue weighted by atomic mass is 32.2. The molecule has 144 valence electrons. The summed E-state index contributed by atoms with van der Waals surface area (Å²) in [5.74, 6) is -0.228. The zero-order valence-electron chi connectivity index (χ0n) is 14.4. The average molecular weight is 393 g/mol. The van der Waals surface area contributed by atoms with E-state index in [-0.39, 0.29) is 11.3 Å². The fraction of sp³-hybridized carbons (Fsp3) is 0.176. The van der Waals surface area contributed by atoms with Gasteiger partial charge in [-0.2, -0.15) is 0 Å². The van der Waals surface area contributed by atoms with E-state index in [4.69, 9.17) is 9.84 Å². The predicted molar refractivity (Wildman–Crippen MR) is 96.6 cm³/mol. The maximum atomic E-state index is 12.3. The van der Waals surface area contributed by atoms with Gasteiger partial charge in [-0.3, -0.25) is 10.2 Å². The van der Waals surface area contributed by atoms with Gasteiger partial charge in [0.05, 0.1) is 12.0 Å². The molecule has 2 amide bonds. The highest BCUT2D eigenvalue weighted by Gasteiger charge is 2.23. The lowest BCUT2D eigenvalue weighted by Crippen LogP contribution is -2.52. The Bertz CT molecular complexity index is 885. The minimum atomic E-state index is -3.97. The largest absolute Gasteiger partial charge is 0.497 e. The molecule has 1 atom stereocenters. The number of methoxy groups -OCH3 is 1. The summed E-state index contributed by atoms with van der Waals surface area (Å²) >= 11 is 0. The van der Waals surface area contributed by atoms with Gasteiger partial charge in [0.2, 0.25) is 0 Å². The molecule has 27 heavy (non-hydrogen) atoms. The number of rotatable bonds is 8. The summed E-state index contributed by atoms with van der Waals surface area (Å²) in [7, 11) is -2.46. The van der Waals surface area contributed by atoms with E-state index < -0.39 is 28.1 Å². The van der Waals surface area contributed by atoms with Crippen molar-refractivity contribution in [3.8, 4) is 5.75 Å². The van der Waals surface area contributed by atoms with Crippen molar-refractivity contribution >= 4 is 22.0 Å². The van der Waals surface area contributed by atoms with Gasteiger partial charge in [-0.05, 0) is 29.8 Å². The third-order valence-corrected chi connectivity index (χ3v) is 4.84. The number of benzene rings is 2. The number of carbonyl (C=O) groups is 2. The second-order valence-corrected chi connectivity index (χ2v) is 7.14. The topological polar surface area (TPSA) is 134 Å². The van der Waals surface area contributed by atoms with E-state index in [2.05, 4.69) is 5.32 Å². The molecule has 0 aromatic heterocycles. The number of nitrogens with one attached hydrogen (secondary N) is 3. The van der Waals surface area contributed by atoms with Crippen molar-refractivity contribution in [2.24, 2.45) is 0 Å². The second-order valence-electron chi connectivity index (χ2n) is 5.46. The molecule has 9 nitrogen and oxygen atoms in total. The smallest absolute Gasteiger partial charge is 0.405 e. The summed E-state index contributed by atoms with van der Waals surface area (Å²) in [6.45, 7) is 0. The Hall–Kier alpha value is -3.11. The van der Waals surface area contributed by atoms with Crippen molar-refractivity contribution < 1.29 is 27.9 Å². The Kier molecular flexibility index (Phi) is 6.74. The van der Waals surface area contributed by atoms with Crippen LogP contribution in [0.15, 0.2) is 59.5 Å². The van der Waals surface area contributed by atoms with Crippen LogP contribution in [0.4, 0.5) is 4.79 Å². The van der Waals surface area contributed by atoms with Gasteiger partial charge in [0, 0.05) is 6.42 Å². The van der Waals surface area contributed by atoms with Gasteiger partial charge in [0.25, 0.3) is 15.9 Å². The van der Waals surface area contributed by atoms with Crippen LogP contribution in [-0.2, 0) is 21.2 Å². The van der Waals surface area contributed by atoms with Gasteiger partial charge < -0.3 is 15.2 Å². The predicted octanol–water partition coefficient (Wildman–Crippen LogP) is 0.884. The van der Waals surface area contributed by atoms with Crippen LogP contribution in [0.2, 0.25) is 0 Å². The molecule has 4 N–H and O–H groups in total. The van der Waals surface area contributed by atoms with Crippen LogP contribution in [0.25, 0.3) is 0 Å². The highest BCUT2D eigenvalue weighted by molar-refractivity contribution is 7.89. The van der Waals surface area contributed by atoms with Crippen LogP contribution in [0, 0.1) is 0 Å². The number of hydrogen-bond donors (Lipinski definition) is 4. The van der Waals surface area contributed by atoms with E-state index in [9.17, 15) is 18.0 Å². The normalized spacial score (nSPS) is 12.0. The first-order valence-electron chi connectivity index (χ1n) is 7.81. The fourth-order valence-electron chi connectivity index (χ4n) is 2.22. The third-order valence-electron chi connectivity index (χ3n) is 3.58. The standard InChI is InChI=1S/C17H19N3O6S/c1-26-13-9-7-12(8-10-13)11-15(18-17(22)23)16(21)19-20-27(24,25)14-5-3-2-4-6-14/h2-10,15,18,20H,11H2,1H3,(H,19,21)(H,22,23). The van der Waals surface area contributed by atoms with Crippen molar-refractivity contribution in [1.82, 2.24) is 15.6 Å². The van der Waals surface area contributed by atoms with E-state index in [0.29, 0.717) is 11.3 Å². The molecule has 0 spiro atoms. The van der Waals surface area contributed by atoms with Gasteiger partial charge in [0.1, 0.15) is 11.8 Å². The molecule has 1 unspecified atom stereocenters. The van der Waals surface area contributed by atoms with Gasteiger partial charge in [0.15, 0.2) is 0 Å². The molecule has 10 heteroatoms. The summed E-state index contributed by atoms with van der Waals surface area (Å²) in [4.78, 5) is 25.2. The van der Waals surface area contributed by atoms with Gasteiger partial charge in [-0.15, -0.1) is 4.83 Å². The van der Waals surface area contributed by atoms with E-state index >= 15 is 0 Å². The summed E-state index contributed by atoms with van der Waals surface area (Å²) in [6, 6.07) is 12.9. The maximum absolute atomic E-state index is 12.3. The second kappa shape index (κ2) is 9.01. The summed E-state index contributed by atoms with van der Waals surface area (Å²) < 4.78 is 29.3. The zero-order chi connectivity index (χ0) is 19.9. The Morgan fingerprint density at radius 1 is 1.07 bits per heavy atom. The quantitative estimate of drug-likeness (QED) is 0.492. The average Bonchev–Trinajstić information content (AvgIpc) is 2.66. The first-order chi connectivity index (χ1) is 12.8. The van der Waals surface area contributed by atoms with E-state index in [0.717, 1.165) is 0 Å². The molecule has 2 aromatic rings. The molecule has 0 radical (unpaired) electrons. The van der Waals surface area contributed by atoms with Crippen molar-refractivity contribution in [3.63, 3.8) is 0 Å². The summed E-state index contributed by atoms with van der Waals surface area (Å²) in [6.07, 6.45) is -1.38. The number of hydrazine groups is 1. The van der Waals surface area contributed by atoms with Crippen LogP contribution in [-0.4, -0.2) is 38.7 Å². The van der Waals surface area contributed by atoms with Crippen molar-refractivity contribution in [3.05, 3.63) is 60.2 Å². The number of hydrogen-bond acceptors (Lipinski definition) is 5. The van der Waals surface area contributed by atoms with Crippen LogP contribution in [0.5, 0.6) is 5.75 Å². The van der Waals surface area contributed by atoms with E-state index in [1.54, 1.807) is 30.3 Å². The Morgan fingerprint density at radius 3 is 2.26 bits per heavy atom. The monoisotopic (exact) mass is 393 g/mol. The zero-order valence-corrected chi connectivity index (χ0v) is 15.2. The van der Waals surface area contributed by atoms with E-state index in [1.165, 1.54) is 31.4 Å². The van der Waals surface area contributed by atoms with Gasteiger partial charge >= 0.3 is 6.09 Å². The van der Waals surface area contributed by atoms with Crippen LogP contribution in [0.3, 0.4) is 0 Å². The molecule has 0 aliphatic rings. The molecule has 2 rings (SSSR count). The highest BCUT2D eigenvalue weighted by Crippen LogP contribution is 2.13. The molecule has 0 aliphatic heterocycles.